The van der Waals surface area contributed by atoms with E-state index in [1.165, 1.54) is 56.0 Å². The van der Waals surface area contributed by atoms with Gasteiger partial charge < -0.3 is 14.9 Å². The van der Waals surface area contributed by atoms with Crippen LogP contribution in [-0.4, -0.2) is 6.88 Å². The topological polar surface area (TPSA) is 0 Å². The molecule has 4 heteroatoms. The molecule has 4 rings (SSSR count). The van der Waals surface area contributed by atoms with Gasteiger partial charge in [-0.05, 0) is 0 Å². The fraction of sp³-hybridized carbons (Fsp3) is 0.0909. The van der Waals surface area contributed by atoms with Gasteiger partial charge in [-0.15, -0.1) is 106 Å². The van der Waals surface area contributed by atoms with Crippen molar-refractivity contribution in [3.8, 4) is 0 Å². The van der Waals surface area contributed by atoms with Crippen LogP contribution in [-0.2, 0) is 23.3 Å². The molecule has 0 amide bonds. The second kappa shape index (κ2) is 15.4. The van der Waals surface area contributed by atoms with Gasteiger partial charge in [0.2, 0.25) is 0 Å². The van der Waals surface area contributed by atoms with E-state index in [-0.39, 0.29) is 39.7 Å². The second-order valence-corrected chi connectivity index (χ2v) is 5.32. The molecule has 0 spiro atoms. The van der Waals surface area contributed by atoms with E-state index in [2.05, 4.69) is 93.5 Å². The first-order valence-electron chi connectivity index (χ1n) is 7.21. The normalized spacial score (nSPS) is 8.19. The molecule has 0 aromatic heterocycles. The van der Waals surface area contributed by atoms with E-state index in [1.807, 2.05) is 0 Å². The van der Waals surface area contributed by atoms with Crippen molar-refractivity contribution >= 4 is 53.2 Å². The molecule has 0 aliphatic carbocycles. The molecule has 4 aromatic carbocycles. The van der Waals surface area contributed by atoms with E-state index in [4.69, 9.17) is 0 Å². The molecule has 0 N–H and O–H groups in total. The van der Waals surface area contributed by atoms with Crippen molar-refractivity contribution in [1.82, 2.24) is 0 Å². The van der Waals surface area contributed by atoms with Gasteiger partial charge in [0.15, 0.2) is 0 Å². The predicted molar refractivity (Wildman–Crippen MR) is 122 cm³/mol. The van der Waals surface area contributed by atoms with Crippen molar-refractivity contribution in [2.24, 2.45) is 0 Å². The van der Waals surface area contributed by atoms with Gasteiger partial charge in [0, 0.05) is 0 Å². The summed E-state index contributed by atoms with van der Waals surface area (Å²) in [5.74, 6) is 0. The van der Waals surface area contributed by atoms with Crippen LogP contribution >= 0.6 is 24.8 Å². The van der Waals surface area contributed by atoms with Crippen LogP contribution in [0, 0.1) is 28.7 Å². The van der Waals surface area contributed by atoms with Gasteiger partial charge >= 0.3 is 30.2 Å². The third-order valence-corrected chi connectivity index (χ3v) is 3.52. The van der Waals surface area contributed by atoms with E-state index in [0.29, 0.717) is 0 Å². The predicted octanol–water partition coefficient (Wildman–Crippen LogP) is 7.10. The van der Waals surface area contributed by atoms with Crippen LogP contribution in [0.5, 0.6) is 0 Å². The van der Waals surface area contributed by atoms with Crippen LogP contribution < -0.4 is 0 Å². The molecule has 2 radical (unpaired) electrons. The van der Waals surface area contributed by atoms with Gasteiger partial charge in [-0.3, -0.25) is 0 Å². The molecular weight excluding hydrogens is 454 g/mol. The summed E-state index contributed by atoms with van der Waals surface area (Å²) in [5.41, 5.74) is 2.70. The summed E-state index contributed by atoms with van der Waals surface area (Å²) in [6.07, 6.45) is 0. The summed E-state index contributed by atoms with van der Waals surface area (Å²) in [6.45, 7) is 7.31. The maximum atomic E-state index is 3.06. The Morgan fingerprint density at radius 2 is 0.962 bits per heavy atom. The van der Waals surface area contributed by atoms with Crippen LogP contribution in [0.3, 0.4) is 0 Å². The first kappa shape index (κ1) is 30.1. The molecule has 4 aromatic rings. The molecule has 0 saturated carbocycles. The summed E-state index contributed by atoms with van der Waals surface area (Å²) in [4.78, 5) is 0. The molecule has 0 nitrogen and oxygen atoms in total. The van der Waals surface area contributed by atoms with Gasteiger partial charge in [-0.25, -0.2) is 0 Å². The zero-order chi connectivity index (χ0) is 15.9. The number of fused-ring (bicyclic) bond motifs is 2. The zero-order valence-electron chi connectivity index (χ0n) is 15.7. The van der Waals surface area contributed by atoms with E-state index in [1.54, 1.807) is 0 Å². The molecule has 0 bridgehead atoms. The Morgan fingerprint density at radius 1 is 0.654 bits per heavy atom. The first-order valence-corrected chi connectivity index (χ1v) is 11.4. The van der Waals surface area contributed by atoms with Crippen LogP contribution in [0.2, 0.25) is 0 Å². The quantitative estimate of drug-likeness (QED) is 0.186. The Labute approximate surface area is 188 Å². The Kier molecular flexibility index (Phi) is 17.8. The molecule has 0 saturated heterocycles. The summed E-state index contributed by atoms with van der Waals surface area (Å²) in [6, 6.07) is 25.7. The summed E-state index contributed by atoms with van der Waals surface area (Å²) in [7, 11) is 0. The number of hydrogen-bond donors (Lipinski definition) is 0. The van der Waals surface area contributed by atoms with Crippen molar-refractivity contribution in [3.63, 3.8) is 0 Å². The summed E-state index contributed by atoms with van der Waals surface area (Å²) < 4.78 is 0. The van der Waals surface area contributed by atoms with Crippen molar-refractivity contribution in [1.29, 1.82) is 0 Å². The SMILES string of the molecule is Cc1cc2ccccc2[cH-]1.Cc1cc2ccccc2[cH-]1.Cl.Cl.[CH3-].[CH3-].[Si]=[Zr]. The van der Waals surface area contributed by atoms with Crippen molar-refractivity contribution in [2.45, 2.75) is 13.8 Å². The molecule has 0 heterocycles. The molecule has 0 atom stereocenters. The van der Waals surface area contributed by atoms with Gasteiger partial charge in [0.25, 0.3) is 0 Å². The van der Waals surface area contributed by atoms with Crippen molar-refractivity contribution in [2.75, 3.05) is 0 Å². The molecule has 0 aliphatic rings. The van der Waals surface area contributed by atoms with Gasteiger partial charge in [0.05, 0.1) is 0 Å². The Bertz CT molecular complexity index is 726. The average molecular weight is 481 g/mol. The van der Waals surface area contributed by atoms with Crippen LogP contribution in [0.1, 0.15) is 11.1 Å². The Morgan fingerprint density at radius 3 is 1.27 bits per heavy atom. The van der Waals surface area contributed by atoms with E-state index in [9.17, 15) is 0 Å². The van der Waals surface area contributed by atoms with Gasteiger partial charge in [-0.2, -0.15) is 12.1 Å². The van der Waals surface area contributed by atoms with E-state index >= 15 is 0 Å². The van der Waals surface area contributed by atoms with Crippen molar-refractivity contribution < 1.29 is 23.3 Å². The molecule has 0 fully saturated rings. The molecule has 0 aliphatic heterocycles. The van der Waals surface area contributed by atoms with E-state index in [0.717, 1.165) is 0 Å². The van der Waals surface area contributed by atoms with E-state index < -0.39 is 0 Å². The first-order chi connectivity index (χ1) is 10.7. The second-order valence-electron chi connectivity index (χ2n) is 5.32. The number of benzene rings is 2. The summed E-state index contributed by atoms with van der Waals surface area (Å²) >= 11 is 1.36. The minimum atomic E-state index is 0. The fourth-order valence-electron chi connectivity index (χ4n) is 2.61. The molecule has 0 unspecified atom stereocenters. The third-order valence-electron chi connectivity index (χ3n) is 3.52. The average Bonchev–Trinajstić information content (AvgIpc) is 3.10. The molecule has 26 heavy (non-hydrogen) atoms. The number of aryl methyl sites for hydroxylation is 2. The molecule has 140 valence electrons. The van der Waals surface area contributed by atoms with Crippen LogP contribution in [0.4, 0.5) is 0 Å². The van der Waals surface area contributed by atoms with Crippen molar-refractivity contribution in [3.05, 3.63) is 98.8 Å². The fourth-order valence-corrected chi connectivity index (χ4v) is 2.61. The maximum absolute atomic E-state index is 3.06. The van der Waals surface area contributed by atoms with Crippen LogP contribution in [0.15, 0.2) is 72.8 Å². The Hall–Kier alpha value is -0.660. The minimum absolute atomic E-state index is 0. The van der Waals surface area contributed by atoms with Crippen LogP contribution in [0.25, 0.3) is 21.5 Å². The Balaban J connectivity index is -0.000000326. The van der Waals surface area contributed by atoms with Gasteiger partial charge in [-0.1, -0.05) is 26.0 Å². The zero-order valence-corrected chi connectivity index (χ0v) is 20.8. The number of halogens is 2. The third kappa shape index (κ3) is 8.35. The van der Waals surface area contributed by atoms with Gasteiger partial charge in [0.1, 0.15) is 0 Å². The standard InChI is InChI=1S/2C10H9.2CH3.2ClH.Si.Zr/c2*1-8-6-9-4-2-3-5-10(9)7-8;;;;;;/h2*2-7H,1H3;2*1H3;2*1H;;/q4*-1;;;;. The summed E-state index contributed by atoms with van der Waals surface area (Å²) in [5, 5.41) is 5.39. The monoisotopic (exact) mass is 478 g/mol. The number of rotatable bonds is 0. The number of hydrogen-bond acceptors (Lipinski definition) is 0. The molecular formula is C22H26Cl2SiZr-4.